The molecule has 0 spiro atoms. The van der Waals surface area contributed by atoms with Crippen molar-refractivity contribution in [1.29, 1.82) is 0 Å². The van der Waals surface area contributed by atoms with Gasteiger partial charge in [0.15, 0.2) is 0 Å². The van der Waals surface area contributed by atoms with Crippen LogP contribution >= 0.6 is 0 Å². The summed E-state index contributed by atoms with van der Waals surface area (Å²) >= 11 is 0. The van der Waals surface area contributed by atoms with Crippen LogP contribution in [0.4, 0.5) is 0 Å². The van der Waals surface area contributed by atoms with Crippen LogP contribution in [0.1, 0.15) is 19.8 Å². The first-order valence-corrected chi connectivity index (χ1v) is 6.93. The summed E-state index contributed by atoms with van der Waals surface area (Å²) in [6, 6.07) is 1.29. The van der Waals surface area contributed by atoms with Gasteiger partial charge in [-0.1, -0.05) is 13.0 Å². The van der Waals surface area contributed by atoms with Crippen molar-refractivity contribution in [3.8, 4) is 0 Å². The van der Waals surface area contributed by atoms with Gasteiger partial charge in [0.05, 0.1) is 9.52 Å². The lowest BCUT2D eigenvalue weighted by Crippen LogP contribution is -2.22. The molecule has 0 amide bonds. The van der Waals surface area contributed by atoms with Crippen LogP contribution in [-0.2, 0) is 9.47 Å². The average molecular weight is 205 g/mol. The predicted octanol–water partition coefficient (Wildman–Crippen LogP) is 0.540. The Morgan fingerprint density at radius 1 is 1.23 bits per heavy atom. The maximum atomic E-state index is 5.15. The molecule has 0 fully saturated rings. The first kappa shape index (κ1) is 13.1. The van der Waals surface area contributed by atoms with Gasteiger partial charge < -0.3 is 14.8 Å². The minimum atomic E-state index is -0.193. The van der Waals surface area contributed by atoms with Crippen molar-refractivity contribution in [2.45, 2.75) is 31.7 Å². The number of hydrogen-bond donors (Lipinski definition) is 1. The molecule has 0 aliphatic carbocycles. The van der Waals surface area contributed by atoms with E-state index in [1.54, 1.807) is 14.2 Å². The largest absolute Gasteiger partial charge is 0.360 e. The molecule has 0 rings (SSSR count). The summed E-state index contributed by atoms with van der Waals surface area (Å²) in [6.45, 7) is 4.47. The maximum Gasteiger partial charge on any atom is 0.134 e. The second-order valence-corrected chi connectivity index (χ2v) is 5.10. The molecule has 0 atom stereocenters. The van der Waals surface area contributed by atoms with Crippen LogP contribution in [0.25, 0.3) is 0 Å². The molecule has 1 N–H and O–H groups in total. The van der Waals surface area contributed by atoms with Gasteiger partial charge in [-0.15, -0.1) is 0 Å². The fraction of sp³-hybridized carbons (Fsp3) is 1.00. The van der Waals surface area contributed by atoms with E-state index in [0.29, 0.717) is 0 Å². The van der Waals surface area contributed by atoms with Gasteiger partial charge in [-0.3, -0.25) is 0 Å². The van der Waals surface area contributed by atoms with Crippen LogP contribution in [-0.4, -0.2) is 42.7 Å². The van der Waals surface area contributed by atoms with Gasteiger partial charge in [0.1, 0.15) is 5.91 Å². The third-order valence-corrected chi connectivity index (χ3v) is 4.04. The molecule has 13 heavy (non-hydrogen) atoms. The minimum Gasteiger partial charge on any atom is -0.360 e. The van der Waals surface area contributed by atoms with Gasteiger partial charge in [0, 0.05) is 14.2 Å². The van der Waals surface area contributed by atoms with E-state index in [2.05, 4.69) is 12.2 Å². The van der Waals surface area contributed by atoms with E-state index in [9.17, 15) is 0 Å². The summed E-state index contributed by atoms with van der Waals surface area (Å²) in [7, 11) is 3.24. The van der Waals surface area contributed by atoms with E-state index in [1.165, 1.54) is 18.9 Å². The fourth-order valence-corrected chi connectivity index (χ4v) is 2.54. The molecule has 0 aliphatic heterocycles. The summed E-state index contributed by atoms with van der Waals surface area (Å²) in [6.07, 6.45) is 2.48. The smallest absolute Gasteiger partial charge is 0.134 e. The van der Waals surface area contributed by atoms with E-state index in [-0.39, 0.29) is 15.4 Å². The van der Waals surface area contributed by atoms with Crippen molar-refractivity contribution in [2.75, 3.05) is 27.3 Å². The van der Waals surface area contributed by atoms with Crippen molar-refractivity contribution in [3.05, 3.63) is 0 Å². The number of ether oxygens (including phenoxy) is 2. The monoisotopic (exact) mass is 205 g/mol. The standard InChI is InChI=1S/C9H23NO2Si/c1-4-6-10-7-5-8-13-9(11-2)12-3/h9-10H,4-8,13H2,1-3H3. The second-order valence-electron chi connectivity index (χ2n) is 3.15. The zero-order valence-electron chi connectivity index (χ0n) is 9.14. The predicted molar refractivity (Wildman–Crippen MR) is 58.9 cm³/mol. The van der Waals surface area contributed by atoms with Crippen LogP contribution in [0.5, 0.6) is 0 Å². The van der Waals surface area contributed by atoms with Gasteiger partial charge in [-0.05, 0) is 25.9 Å². The van der Waals surface area contributed by atoms with Gasteiger partial charge in [-0.25, -0.2) is 0 Å². The average Bonchev–Trinajstić information content (AvgIpc) is 2.17. The van der Waals surface area contributed by atoms with E-state index >= 15 is 0 Å². The summed E-state index contributed by atoms with van der Waals surface area (Å²) in [5.41, 5.74) is 0. The Balaban J connectivity index is 3.05. The van der Waals surface area contributed by atoms with Crippen LogP contribution < -0.4 is 5.32 Å². The lowest BCUT2D eigenvalue weighted by molar-refractivity contribution is -0.0441. The summed E-state index contributed by atoms with van der Waals surface area (Å²) in [5.74, 6) is 0.117. The maximum absolute atomic E-state index is 5.15. The Bertz CT molecular complexity index is 99.6. The number of nitrogens with one attached hydrogen (secondary N) is 1. The highest BCUT2D eigenvalue weighted by molar-refractivity contribution is 6.36. The Kier molecular flexibility index (Phi) is 10.3. The highest BCUT2D eigenvalue weighted by atomic mass is 28.2. The van der Waals surface area contributed by atoms with Crippen LogP contribution in [0, 0.1) is 0 Å². The molecule has 0 aromatic rings. The molecular weight excluding hydrogens is 182 g/mol. The third-order valence-electron chi connectivity index (χ3n) is 2.00. The normalized spacial score (nSPS) is 12.0. The third kappa shape index (κ3) is 8.43. The molecule has 80 valence electrons. The number of methoxy groups -OCH3 is 2. The molecule has 0 aromatic heterocycles. The quantitative estimate of drug-likeness (QED) is 0.338. The Labute approximate surface area is 84.0 Å². The first-order chi connectivity index (χ1) is 6.35. The van der Waals surface area contributed by atoms with Crippen molar-refractivity contribution < 1.29 is 9.47 Å². The molecule has 0 bridgehead atoms. The summed E-state index contributed by atoms with van der Waals surface area (Å²) < 4.78 is 10.3. The number of hydrogen-bond acceptors (Lipinski definition) is 3. The molecule has 4 heteroatoms. The van der Waals surface area contributed by atoms with Gasteiger partial charge >= 0.3 is 0 Å². The Hall–Kier alpha value is 0.0969. The van der Waals surface area contributed by atoms with Crippen molar-refractivity contribution in [3.63, 3.8) is 0 Å². The molecule has 0 unspecified atom stereocenters. The molecule has 3 nitrogen and oxygen atoms in total. The Morgan fingerprint density at radius 2 is 1.92 bits per heavy atom. The van der Waals surface area contributed by atoms with E-state index in [0.717, 1.165) is 13.1 Å². The molecular formula is C9H23NO2Si. The van der Waals surface area contributed by atoms with Crippen LogP contribution in [0.3, 0.4) is 0 Å². The zero-order chi connectivity index (χ0) is 9.94. The first-order valence-electron chi connectivity index (χ1n) is 5.11. The van der Waals surface area contributed by atoms with Crippen LogP contribution in [0.15, 0.2) is 0 Å². The molecule has 0 saturated heterocycles. The molecule has 0 radical (unpaired) electrons. The second kappa shape index (κ2) is 10.2. The van der Waals surface area contributed by atoms with E-state index in [4.69, 9.17) is 9.47 Å². The molecule has 0 aliphatic rings. The lowest BCUT2D eigenvalue weighted by Gasteiger charge is -2.12. The lowest BCUT2D eigenvalue weighted by atomic mass is 10.4. The highest BCUT2D eigenvalue weighted by Crippen LogP contribution is 1.95. The zero-order valence-corrected chi connectivity index (χ0v) is 10.6. The topological polar surface area (TPSA) is 30.5 Å². The summed E-state index contributed by atoms with van der Waals surface area (Å²) in [5, 5.41) is 3.39. The van der Waals surface area contributed by atoms with Crippen molar-refractivity contribution in [1.82, 2.24) is 5.32 Å². The highest BCUT2D eigenvalue weighted by Gasteiger charge is 2.03. The van der Waals surface area contributed by atoms with E-state index in [1.807, 2.05) is 0 Å². The van der Waals surface area contributed by atoms with Gasteiger partial charge in [0.25, 0.3) is 0 Å². The minimum absolute atomic E-state index is 0.117. The molecule has 0 heterocycles. The van der Waals surface area contributed by atoms with E-state index < -0.39 is 0 Å². The summed E-state index contributed by atoms with van der Waals surface area (Å²) in [4.78, 5) is 0. The van der Waals surface area contributed by atoms with Crippen molar-refractivity contribution in [2.24, 2.45) is 0 Å². The number of rotatable bonds is 9. The molecule has 0 aromatic carbocycles. The van der Waals surface area contributed by atoms with Crippen LogP contribution in [0.2, 0.25) is 6.04 Å². The fourth-order valence-electron chi connectivity index (χ4n) is 1.19. The van der Waals surface area contributed by atoms with Crippen molar-refractivity contribution >= 4 is 9.52 Å². The molecule has 0 saturated carbocycles. The Morgan fingerprint density at radius 3 is 2.46 bits per heavy atom. The van der Waals surface area contributed by atoms with Gasteiger partial charge in [0.2, 0.25) is 0 Å². The van der Waals surface area contributed by atoms with Gasteiger partial charge in [-0.2, -0.15) is 0 Å². The SMILES string of the molecule is CCCNCCC[SiH2]C(OC)OC.